The molecule has 0 aliphatic carbocycles. The monoisotopic (exact) mass is 398 g/mol. The summed E-state index contributed by atoms with van der Waals surface area (Å²) in [6.45, 7) is 3.83. The van der Waals surface area contributed by atoms with Gasteiger partial charge in [0.15, 0.2) is 0 Å². The first-order chi connectivity index (χ1) is 14.8. The van der Waals surface area contributed by atoms with Crippen molar-refractivity contribution >= 4 is 6.29 Å². The van der Waals surface area contributed by atoms with E-state index in [1.54, 1.807) is 6.07 Å². The maximum Gasteiger partial charge on any atom is 0.234 e. The van der Waals surface area contributed by atoms with Crippen LogP contribution in [-0.4, -0.2) is 37.4 Å². The highest BCUT2D eigenvalue weighted by Crippen LogP contribution is 2.31. The molecule has 0 atom stereocenters. The molecule has 1 aliphatic rings. The van der Waals surface area contributed by atoms with E-state index in [0.717, 1.165) is 42.4 Å². The zero-order valence-corrected chi connectivity index (χ0v) is 17.3. The molecule has 0 amide bonds. The molecule has 0 N–H and O–H groups in total. The molecule has 1 aliphatic heterocycles. The van der Waals surface area contributed by atoms with Gasteiger partial charge in [0.05, 0.1) is 0 Å². The smallest absolute Gasteiger partial charge is 0.234 e. The molecule has 0 aromatic heterocycles. The third kappa shape index (κ3) is 5.17. The molecule has 4 rings (SSSR count). The van der Waals surface area contributed by atoms with Crippen molar-refractivity contribution < 1.29 is 9.53 Å². The fourth-order valence-corrected chi connectivity index (χ4v) is 4.27. The Morgan fingerprint density at radius 1 is 0.833 bits per heavy atom. The van der Waals surface area contributed by atoms with Crippen molar-refractivity contribution in [1.29, 1.82) is 0 Å². The van der Waals surface area contributed by atoms with Crippen LogP contribution < -0.4 is 4.74 Å². The Balaban J connectivity index is 1.29. The van der Waals surface area contributed by atoms with Crippen molar-refractivity contribution in [3.05, 3.63) is 90.0 Å². The van der Waals surface area contributed by atoms with E-state index in [4.69, 9.17) is 4.74 Å². The third-order valence-corrected chi connectivity index (χ3v) is 5.95. The van der Waals surface area contributed by atoms with Crippen molar-refractivity contribution in [3.63, 3.8) is 0 Å². The van der Waals surface area contributed by atoms with E-state index in [-0.39, 0.29) is 0 Å². The largest absolute Gasteiger partial charge is 0.492 e. The third-order valence-electron chi connectivity index (χ3n) is 5.95. The van der Waals surface area contributed by atoms with Gasteiger partial charge >= 0.3 is 0 Å². The van der Waals surface area contributed by atoms with Crippen LogP contribution in [0.25, 0.3) is 11.1 Å². The molecule has 1 saturated heterocycles. The molecular formula is C27H28NO2. The molecule has 3 aromatic rings. The molecule has 3 nitrogen and oxygen atoms in total. The van der Waals surface area contributed by atoms with E-state index in [1.165, 1.54) is 24.8 Å². The van der Waals surface area contributed by atoms with Crippen molar-refractivity contribution in [2.24, 2.45) is 5.92 Å². The lowest BCUT2D eigenvalue weighted by molar-refractivity contribution is 0.155. The second-order valence-electron chi connectivity index (χ2n) is 7.97. The molecule has 0 bridgehead atoms. The number of ether oxygens (including phenoxy) is 1. The Morgan fingerprint density at radius 2 is 1.50 bits per heavy atom. The van der Waals surface area contributed by atoms with Gasteiger partial charge in [0, 0.05) is 17.7 Å². The number of likely N-dealkylation sites (tertiary alicyclic amines) is 1. The zero-order chi connectivity index (χ0) is 20.6. The summed E-state index contributed by atoms with van der Waals surface area (Å²) in [7, 11) is 0. The average molecular weight is 399 g/mol. The van der Waals surface area contributed by atoms with Crippen LogP contribution in [0.15, 0.2) is 78.9 Å². The Morgan fingerprint density at radius 3 is 2.27 bits per heavy atom. The van der Waals surface area contributed by atoms with Crippen molar-refractivity contribution in [3.8, 4) is 16.9 Å². The first kappa shape index (κ1) is 20.4. The van der Waals surface area contributed by atoms with Crippen LogP contribution in [0.2, 0.25) is 0 Å². The summed E-state index contributed by atoms with van der Waals surface area (Å²) in [5.74, 6) is 1.60. The van der Waals surface area contributed by atoms with Gasteiger partial charge in [-0.15, -0.1) is 0 Å². The van der Waals surface area contributed by atoms with Gasteiger partial charge in [-0.25, -0.2) is 0 Å². The molecule has 3 aromatic carbocycles. The Bertz CT molecular complexity index is 946. The maximum atomic E-state index is 11.3. The zero-order valence-electron chi connectivity index (χ0n) is 17.3. The molecule has 30 heavy (non-hydrogen) atoms. The van der Waals surface area contributed by atoms with E-state index in [9.17, 15) is 4.79 Å². The summed E-state index contributed by atoms with van der Waals surface area (Å²) in [6.07, 6.45) is 5.71. The molecule has 0 unspecified atom stereocenters. The van der Waals surface area contributed by atoms with Crippen LogP contribution in [0.3, 0.4) is 0 Å². The summed E-state index contributed by atoms with van der Waals surface area (Å²) >= 11 is 0. The summed E-state index contributed by atoms with van der Waals surface area (Å²) < 4.78 is 6.14. The van der Waals surface area contributed by atoms with Crippen LogP contribution in [0.1, 0.15) is 24.0 Å². The second kappa shape index (κ2) is 10.2. The maximum absolute atomic E-state index is 11.3. The van der Waals surface area contributed by atoms with Gasteiger partial charge in [-0.05, 0) is 55.5 Å². The molecule has 1 fully saturated rings. The first-order valence-electron chi connectivity index (χ1n) is 10.8. The van der Waals surface area contributed by atoms with Crippen molar-refractivity contribution in [2.75, 3.05) is 26.2 Å². The van der Waals surface area contributed by atoms with Gasteiger partial charge in [0.25, 0.3) is 0 Å². The van der Waals surface area contributed by atoms with E-state index in [2.05, 4.69) is 35.2 Å². The van der Waals surface area contributed by atoms with Gasteiger partial charge < -0.3 is 4.74 Å². The molecule has 0 saturated carbocycles. The molecule has 1 heterocycles. The second-order valence-corrected chi connectivity index (χ2v) is 7.97. The summed E-state index contributed by atoms with van der Waals surface area (Å²) in [4.78, 5) is 13.8. The number of hydrogen-bond acceptors (Lipinski definition) is 3. The minimum absolute atomic E-state index is 0.564. The predicted molar refractivity (Wildman–Crippen MR) is 121 cm³/mol. The highest BCUT2D eigenvalue weighted by molar-refractivity contribution is 5.89. The molecule has 153 valence electrons. The van der Waals surface area contributed by atoms with Crippen LogP contribution in [0.5, 0.6) is 5.75 Å². The topological polar surface area (TPSA) is 29.5 Å². The van der Waals surface area contributed by atoms with Gasteiger partial charge in [-0.2, -0.15) is 0 Å². The van der Waals surface area contributed by atoms with Crippen LogP contribution in [-0.2, 0) is 11.2 Å². The van der Waals surface area contributed by atoms with Crippen molar-refractivity contribution in [1.82, 2.24) is 4.90 Å². The number of piperidine rings is 1. The minimum atomic E-state index is 0.564. The van der Waals surface area contributed by atoms with E-state index in [0.29, 0.717) is 12.2 Å². The van der Waals surface area contributed by atoms with Crippen molar-refractivity contribution in [2.45, 2.75) is 19.3 Å². The van der Waals surface area contributed by atoms with Gasteiger partial charge in [0.2, 0.25) is 6.29 Å². The van der Waals surface area contributed by atoms with E-state index < -0.39 is 0 Å². The molecular weight excluding hydrogens is 370 g/mol. The lowest BCUT2D eigenvalue weighted by Gasteiger charge is -2.32. The number of benzene rings is 3. The van der Waals surface area contributed by atoms with E-state index in [1.807, 2.05) is 48.8 Å². The molecule has 0 spiro atoms. The van der Waals surface area contributed by atoms with Gasteiger partial charge in [-0.3, -0.25) is 9.69 Å². The summed E-state index contributed by atoms with van der Waals surface area (Å²) in [6, 6.07) is 26.3. The standard InChI is InChI=1S/C27H28NO2/c29-21-24-10-4-5-11-25(24)26-12-6-7-13-27(26)30-19-18-28-16-14-23(15-17-28)20-22-8-2-1-3-9-22/h1-13,23H,14-20H2. The Labute approximate surface area is 179 Å². The predicted octanol–water partition coefficient (Wildman–Crippen LogP) is 5.14. The molecule has 1 radical (unpaired) electrons. The number of para-hydroxylation sites is 1. The highest BCUT2D eigenvalue weighted by atomic mass is 16.5. The van der Waals surface area contributed by atoms with Gasteiger partial charge in [-0.1, -0.05) is 72.8 Å². The number of nitrogens with zero attached hydrogens (tertiary/aromatic N) is 1. The van der Waals surface area contributed by atoms with Crippen LogP contribution in [0.4, 0.5) is 0 Å². The molecule has 3 heteroatoms. The summed E-state index contributed by atoms with van der Waals surface area (Å²) in [5.41, 5.74) is 3.82. The SMILES string of the molecule is O=[C]c1ccccc1-c1ccccc1OCCN1CCC(Cc2ccccc2)CC1. The first-order valence-corrected chi connectivity index (χ1v) is 10.8. The Hall–Kier alpha value is -2.91. The van der Waals surface area contributed by atoms with E-state index >= 15 is 0 Å². The number of rotatable bonds is 8. The average Bonchev–Trinajstić information content (AvgIpc) is 2.81. The normalized spacial score (nSPS) is 15.1. The lowest BCUT2D eigenvalue weighted by Crippen LogP contribution is -2.37. The van der Waals surface area contributed by atoms with Crippen LogP contribution in [0, 0.1) is 5.92 Å². The fraction of sp³-hybridized carbons (Fsp3) is 0.296. The highest BCUT2D eigenvalue weighted by Gasteiger charge is 2.19. The number of hydrogen-bond donors (Lipinski definition) is 0. The van der Waals surface area contributed by atoms with Crippen LogP contribution >= 0.6 is 0 Å². The minimum Gasteiger partial charge on any atom is -0.492 e. The quantitative estimate of drug-likeness (QED) is 0.526. The Kier molecular flexibility index (Phi) is 6.94. The number of carbonyl (C=O) groups excluding carboxylic acids is 1. The van der Waals surface area contributed by atoms with Gasteiger partial charge in [0.1, 0.15) is 12.4 Å². The lowest BCUT2D eigenvalue weighted by atomic mass is 9.90. The summed E-state index contributed by atoms with van der Waals surface area (Å²) in [5, 5.41) is 0. The fourth-order valence-electron chi connectivity index (χ4n) is 4.27.